The average molecular weight is 264 g/mol. The Kier molecular flexibility index (Phi) is 6.96. The van der Waals surface area contributed by atoms with E-state index in [1.165, 1.54) is 19.3 Å². The van der Waals surface area contributed by atoms with E-state index in [1.807, 2.05) is 13.0 Å². The molecule has 0 radical (unpaired) electrons. The summed E-state index contributed by atoms with van der Waals surface area (Å²) in [5.74, 6) is 1.40. The molecule has 1 atom stereocenters. The van der Waals surface area contributed by atoms with Crippen LogP contribution in [0, 0.1) is 12.8 Å². The maximum atomic E-state index is 9.16. The van der Waals surface area contributed by atoms with Gasteiger partial charge < -0.3 is 14.8 Å². The first kappa shape index (κ1) is 16.1. The zero-order chi connectivity index (χ0) is 14.3. The molecule has 0 heterocycles. The molecule has 19 heavy (non-hydrogen) atoms. The van der Waals surface area contributed by atoms with Gasteiger partial charge in [-0.15, -0.1) is 0 Å². The molecule has 0 saturated heterocycles. The van der Waals surface area contributed by atoms with Crippen molar-refractivity contribution in [2.45, 2.75) is 46.5 Å². The van der Waals surface area contributed by atoms with Crippen LogP contribution in [0.5, 0.6) is 5.75 Å². The highest BCUT2D eigenvalue weighted by Gasteiger charge is 2.14. The maximum Gasteiger partial charge on any atom is 0.488 e. The van der Waals surface area contributed by atoms with Gasteiger partial charge in [-0.05, 0) is 42.4 Å². The molecule has 4 heteroatoms. The quantitative estimate of drug-likeness (QED) is 0.708. The largest absolute Gasteiger partial charge is 0.493 e. The molecule has 0 aromatic heterocycles. The maximum absolute atomic E-state index is 9.16. The lowest BCUT2D eigenvalue weighted by Crippen LogP contribution is -2.31. The van der Waals surface area contributed by atoms with Crippen LogP contribution in [0.15, 0.2) is 18.2 Å². The lowest BCUT2D eigenvalue weighted by atomic mass is 9.77. The summed E-state index contributed by atoms with van der Waals surface area (Å²) in [5, 5.41) is 18.3. The normalized spacial score (nSPS) is 12.3. The Morgan fingerprint density at radius 1 is 1.26 bits per heavy atom. The zero-order valence-corrected chi connectivity index (χ0v) is 12.2. The Balaban J connectivity index is 2.55. The van der Waals surface area contributed by atoms with Crippen LogP contribution in [0.25, 0.3) is 0 Å². The van der Waals surface area contributed by atoms with Crippen molar-refractivity contribution in [2.75, 3.05) is 6.61 Å². The van der Waals surface area contributed by atoms with Gasteiger partial charge in [0.2, 0.25) is 0 Å². The van der Waals surface area contributed by atoms with Crippen LogP contribution in [-0.4, -0.2) is 23.8 Å². The topological polar surface area (TPSA) is 49.7 Å². The minimum absolute atomic E-state index is 0.533. The highest BCUT2D eigenvalue weighted by atomic mass is 16.5. The fourth-order valence-electron chi connectivity index (χ4n) is 2.14. The molecule has 106 valence electrons. The van der Waals surface area contributed by atoms with Crippen molar-refractivity contribution in [3.8, 4) is 5.75 Å². The number of unbranched alkanes of at least 4 members (excludes halogenated alkanes) is 1. The van der Waals surface area contributed by atoms with Crippen LogP contribution in [0.2, 0.25) is 0 Å². The van der Waals surface area contributed by atoms with Crippen molar-refractivity contribution in [1.29, 1.82) is 0 Å². The Bertz CT molecular complexity index is 380. The molecule has 0 aliphatic rings. The molecule has 0 fully saturated rings. The molecular formula is C15H25BO3. The fourth-order valence-corrected chi connectivity index (χ4v) is 2.14. The molecular weight excluding hydrogens is 239 g/mol. The van der Waals surface area contributed by atoms with Gasteiger partial charge in [0, 0.05) is 0 Å². The van der Waals surface area contributed by atoms with Gasteiger partial charge >= 0.3 is 7.12 Å². The van der Waals surface area contributed by atoms with E-state index >= 15 is 0 Å². The van der Waals surface area contributed by atoms with Crippen LogP contribution in [-0.2, 0) is 0 Å². The first-order valence-electron chi connectivity index (χ1n) is 7.17. The van der Waals surface area contributed by atoms with Gasteiger partial charge in [-0.25, -0.2) is 0 Å². The molecule has 3 nitrogen and oxygen atoms in total. The molecule has 0 saturated carbocycles. The van der Waals surface area contributed by atoms with E-state index in [2.05, 4.69) is 13.8 Å². The van der Waals surface area contributed by atoms with Gasteiger partial charge in [-0.1, -0.05) is 39.2 Å². The molecule has 1 aromatic carbocycles. The van der Waals surface area contributed by atoms with Crippen molar-refractivity contribution in [2.24, 2.45) is 5.92 Å². The smallest absolute Gasteiger partial charge is 0.488 e. The van der Waals surface area contributed by atoms with Gasteiger partial charge in [0.1, 0.15) is 5.75 Å². The molecule has 0 aliphatic carbocycles. The van der Waals surface area contributed by atoms with Crippen molar-refractivity contribution in [3.05, 3.63) is 23.8 Å². The summed E-state index contributed by atoms with van der Waals surface area (Å²) in [6.07, 6.45) is 4.81. The first-order chi connectivity index (χ1) is 9.08. The summed E-state index contributed by atoms with van der Waals surface area (Å²) >= 11 is 0. The standard InChI is InChI=1S/C15H25BO3/c1-4-6-7-13(5-2)11-19-14-8-9-15(16(17)18)12(3)10-14/h8-10,13,17-18H,4-7,11H2,1-3H3. The molecule has 1 aromatic rings. The Hall–Kier alpha value is -0.995. The van der Waals surface area contributed by atoms with E-state index in [-0.39, 0.29) is 0 Å². The Morgan fingerprint density at radius 2 is 2.00 bits per heavy atom. The van der Waals surface area contributed by atoms with Crippen LogP contribution in [0.4, 0.5) is 0 Å². The van der Waals surface area contributed by atoms with E-state index in [0.717, 1.165) is 24.3 Å². The average Bonchev–Trinajstić information content (AvgIpc) is 2.38. The summed E-state index contributed by atoms with van der Waals surface area (Å²) in [6, 6.07) is 5.37. The predicted molar refractivity (Wildman–Crippen MR) is 79.8 cm³/mol. The van der Waals surface area contributed by atoms with Gasteiger partial charge in [0.25, 0.3) is 0 Å². The first-order valence-corrected chi connectivity index (χ1v) is 7.17. The second kappa shape index (κ2) is 8.23. The van der Waals surface area contributed by atoms with E-state index < -0.39 is 7.12 Å². The lowest BCUT2D eigenvalue weighted by Gasteiger charge is -2.16. The predicted octanol–water partition coefficient (Wildman–Crippen LogP) is 2.27. The monoisotopic (exact) mass is 264 g/mol. The Morgan fingerprint density at radius 3 is 2.53 bits per heavy atom. The molecule has 0 aliphatic heterocycles. The fraction of sp³-hybridized carbons (Fsp3) is 0.600. The summed E-state index contributed by atoms with van der Waals surface area (Å²) in [5.41, 5.74) is 1.37. The van der Waals surface area contributed by atoms with Crippen molar-refractivity contribution >= 4 is 12.6 Å². The Labute approximate surface area is 116 Å². The van der Waals surface area contributed by atoms with Crippen LogP contribution >= 0.6 is 0 Å². The summed E-state index contributed by atoms with van der Waals surface area (Å²) < 4.78 is 5.81. The minimum Gasteiger partial charge on any atom is -0.493 e. The molecule has 2 N–H and O–H groups in total. The van der Waals surface area contributed by atoms with E-state index in [0.29, 0.717) is 11.4 Å². The van der Waals surface area contributed by atoms with Gasteiger partial charge in [0.05, 0.1) is 6.61 Å². The number of rotatable bonds is 8. The van der Waals surface area contributed by atoms with Gasteiger partial charge in [0.15, 0.2) is 0 Å². The molecule has 0 amide bonds. The van der Waals surface area contributed by atoms with Crippen molar-refractivity contribution < 1.29 is 14.8 Å². The third-order valence-corrected chi connectivity index (χ3v) is 3.55. The number of hydrogen-bond donors (Lipinski definition) is 2. The van der Waals surface area contributed by atoms with E-state index in [4.69, 9.17) is 14.8 Å². The van der Waals surface area contributed by atoms with Crippen molar-refractivity contribution in [3.63, 3.8) is 0 Å². The van der Waals surface area contributed by atoms with Crippen LogP contribution in [0.1, 0.15) is 45.1 Å². The summed E-state index contributed by atoms with van der Waals surface area (Å²) in [6.45, 7) is 6.99. The molecule has 1 unspecified atom stereocenters. The second-order valence-electron chi connectivity index (χ2n) is 5.12. The third kappa shape index (κ3) is 5.25. The van der Waals surface area contributed by atoms with Crippen LogP contribution in [0.3, 0.4) is 0 Å². The third-order valence-electron chi connectivity index (χ3n) is 3.55. The zero-order valence-electron chi connectivity index (χ0n) is 12.2. The lowest BCUT2D eigenvalue weighted by molar-refractivity contribution is 0.233. The SMILES string of the molecule is CCCCC(CC)COc1ccc(B(O)O)c(C)c1. The molecule has 1 rings (SSSR count). The number of hydrogen-bond acceptors (Lipinski definition) is 3. The second-order valence-corrected chi connectivity index (χ2v) is 5.12. The number of ether oxygens (including phenoxy) is 1. The highest BCUT2D eigenvalue weighted by Crippen LogP contribution is 2.17. The number of benzene rings is 1. The summed E-state index contributed by atoms with van der Waals surface area (Å²) in [7, 11) is -1.41. The highest BCUT2D eigenvalue weighted by molar-refractivity contribution is 6.59. The molecule has 0 spiro atoms. The molecule has 0 bridgehead atoms. The van der Waals surface area contributed by atoms with Crippen molar-refractivity contribution in [1.82, 2.24) is 0 Å². The van der Waals surface area contributed by atoms with Gasteiger partial charge in [-0.3, -0.25) is 0 Å². The summed E-state index contributed by atoms with van der Waals surface area (Å²) in [4.78, 5) is 0. The number of aryl methyl sites for hydroxylation is 1. The minimum atomic E-state index is -1.41. The van der Waals surface area contributed by atoms with Crippen LogP contribution < -0.4 is 10.2 Å². The van der Waals surface area contributed by atoms with E-state index in [9.17, 15) is 0 Å². The van der Waals surface area contributed by atoms with E-state index in [1.54, 1.807) is 12.1 Å². The van der Waals surface area contributed by atoms with Gasteiger partial charge in [-0.2, -0.15) is 0 Å².